The van der Waals surface area contributed by atoms with E-state index in [0.29, 0.717) is 10.6 Å². The maximum absolute atomic E-state index is 13.2. The lowest BCUT2D eigenvalue weighted by Crippen LogP contribution is -2.18. The standard InChI is InChI=1S/C17H19ClFNO/c1-11-3-6-17(13(7-11)8-12(2)20)21-10-14-9-15(19)4-5-16(14)18/h3-7,9,12H,8,10,20H2,1-2H3. The Morgan fingerprint density at radius 2 is 1.95 bits per heavy atom. The quantitative estimate of drug-likeness (QED) is 0.896. The first-order valence-electron chi connectivity index (χ1n) is 6.87. The summed E-state index contributed by atoms with van der Waals surface area (Å²) < 4.78 is 19.1. The van der Waals surface area contributed by atoms with Crippen LogP contribution in [-0.4, -0.2) is 6.04 Å². The zero-order chi connectivity index (χ0) is 15.4. The third-order valence-corrected chi connectivity index (χ3v) is 3.52. The zero-order valence-corrected chi connectivity index (χ0v) is 13.0. The minimum absolute atomic E-state index is 0.0481. The van der Waals surface area contributed by atoms with Gasteiger partial charge in [-0.1, -0.05) is 29.3 Å². The van der Waals surface area contributed by atoms with Crippen molar-refractivity contribution >= 4 is 11.6 Å². The summed E-state index contributed by atoms with van der Waals surface area (Å²) in [5, 5.41) is 0.497. The molecular formula is C17H19ClFNO. The molecule has 2 aromatic rings. The van der Waals surface area contributed by atoms with Crippen LogP contribution in [0.15, 0.2) is 36.4 Å². The van der Waals surface area contributed by atoms with Gasteiger partial charge in [0.2, 0.25) is 0 Å². The third kappa shape index (κ3) is 4.45. The van der Waals surface area contributed by atoms with Gasteiger partial charge in [0, 0.05) is 16.6 Å². The molecule has 0 bridgehead atoms. The van der Waals surface area contributed by atoms with E-state index < -0.39 is 0 Å². The lowest BCUT2D eigenvalue weighted by atomic mass is 10.0. The normalized spacial score (nSPS) is 12.2. The van der Waals surface area contributed by atoms with E-state index >= 15 is 0 Å². The second-order valence-electron chi connectivity index (χ2n) is 5.32. The molecule has 2 nitrogen and oxygen atoms in total. The molecule has 0 spiro atoms. The predicted molar refractivity (Wildman–Crippen MR) is 84.3 cm³/mol. The molecule has 0 heterocycles. The molecule has 4 heteroatoms. The first-order valence-corrected chi connectivity index (χ1v) is 7.25. The maximum atomic E-state index is 13.2. The second-order valence-corrected chi connectivity index (χ2v) is 5.72. The number of halogens is 2. The fourth-order valence-corrected chi connectivity index (χ4v) is 2.34. The molecule has 2 N–H and O–H groups in total. The highest BCUT2D eigenvalue weighted by Gasteiger charge is 2.09. The van der Waals surface area contributed by atoms with Crippen LogP contribution in [0.3, 0.4) is 0 Å². The molecule has 1 unspecified atom stereocenters. The van der Waals surface area contributed by atoms with Crippen LogP contribution in [0.25, 0.3) is 0 Å². The van der Waals surface area contributed by atoms with Gasteiger partial charge < -0.3 is 10.5 Å². The van der Waals surface area contributed by atoms with Gasteiger partial charge in [0.25, 0.3) is 0 Å². The summed E-state index contributed by atoms with van der Waals surface area (Å²) in [4.78, 5) is 0. The Balaban J connectivity index is 2.17. The van der Waals surface area contributed by atoms with Crippen LogP contribution in [-0.2, 0) is 13.0 Å². The molecule has 0 aliphatic rings. The number of ether oxygens (including phenoxy) is 1. The minimum atomic E-state index is -0.322. The average Bonchev–Trinajstić information content (AvgIpc) is 2.41. The zero-order valence-electron chi connectivity index (χ0n) is 12.2. The summed E-state index contributed by atoms with van der Waals surface area (Å²) >= 11 is 6.05. The molecule has 0 saturated carbocycles. The van der Waals surface area contributed by atoms with Crippen LogP contribution in [0.1, 0.15) is 23.6 Å². The molecule has 0 saturated heterocycles. The Hall–Kier alpha value is -1.58. The van der Waals surface area contributed by atoms with E-state index in [1.807, 2.05) is 26.0 Å². The van der Waals surface area contributed by atoms with E-state index in [-0.39, 0.29) is 18.5 Å². The Kier molecular flexibility index (Phi) is 5.21. The number of benzene rings is 2. The summed E-state index contributed by atoms with van der Waals surface area (Å²) in [5.74, 6) is 0.441. The fourth-order valence-electron chi connectivity index (χ4n) is 2.16. The first kappa shape index (κ1) is 15.8. The van der Waals surface area contributed by atoms with Gasteiger partial charge in [-0.15, -0.1) is 0 Å². The number of hydrogen-bond donors (Lipinski definition) is 1. The van der Waals surface area contributed by atoms with E-state index in [4.69, 9.17) is 22.1 Å². The van der Waals surface area contributed by atoms with E-state index in [9.17, 15) is 4.39 Å². The van der Waals surface area contributed by atoms with Crippen molar-refractivity contribution in [1.29, 1.82) is 0 Å². The molecule has 0 aromatic heterocycles. The Bertz CT molecular complexity index is 628. The van der Waals surface area contributed by atoms with Gasteiger partial charge in [-0.25, -0.2) is 4.39 Å². The lowest BCUT2D eigenvalue weighted by Gasteiger charge is -2.14. The summed E-state index contributed by atoms with van der Waals surface area (Å²) in [6.45, 7) is 4.21. The summed E-state index contributed by atoms with van der Waals surface area (Å²) in [7, 11) is 0. The van der Waals surface area contributed by atoms with Crippen molar-refractivity contribution in [2.24, 2.45) is 5.73 Å². The highest BCUT2D eigenvalue weighted by molar-refractivity contribution is 6.31. The molecule has 112 valence electrons. The average molecular weight is 308 g/mol. The summed E-state index contributed by atoms with van der Waals surface area (Å²) in [6, 6.07) is 10.3. The van der Waals surface area contributed by atoms with Crippen molar-refractivity contribution in [1.82, 2.24) is 0 Å². The topological polar surface area (TPSA) is 35.2 Å². The van der Waals surface area contributed by atoms with Crippen LogP contribution >= 0.6 is 11.6 Å². The monoisotopic (exact) mass is 307 g/mol. The van der Waals surface area contributed by atoms with E-state index in [0.717, 1.165) is 23.3 Å². The van der Waals surface area contributed by atoms with Crippen molar-refractivity contribution < 1.29 is 9.13 Å². The highest BCUT2D eigenvalue weighted by Crippen LogP contribution is 2.24. The van der Waals surface area contributed by atoms with Crippen LogP contribution in [0.2, 0.25) is 5.02 Å². The SMILES string of the molecule is Cc1ccc(OCc2cc(F)ccc2Cl)c(CC(C)N)c1. The van der Waals surface area contributed by atoms with Gasteiger partial charge in [0.15, 0.2) is 0 Å². The van der Waals surface area contributed by atoms with Crippen molar-refractivity contribution in [3.8, 4) is 5.75 Å². The second kappa shape index (κ2) is 6.92. The van der Waals surface area contributed by atoms with Gasteiger partial charge >= 0.3 is 0 Å². The minimum Gasteiger partial charge on any atom is -0.489 e. The molecule has 2 rings (SSSR count). The number of nitrogens with two attached hydrogens (primary N) is 1. The Morgan fingerprint density at radius 3 is 2.67 bits per heavy atom. The molecule has 1 atom stereocenters. The van der Waals surface area contributed by atoms with Gasteiger partial charge in [-0.3, -0.25) is 0 Å². The van der Waals surface area contributed by atoms with Crippen LogP contribution in [0, 0.1) is 12.7 Å². The largest absolute Gasteiger partial charge is 0.489 e. The third-order valence-electron chi connectivity index (χ3n) is 3.15. The first-order chi connectivity index (χ1) is 9.95. The van der Waals surface area contributed by atoms with Gasteiger partial charge in [-0.05, 0) is 50.1 Å². The Labute approximate surface area is 129 Å². The van der Waals surface area contributed by atoms with Crippen molar-refractivity contribution in [3.63, 3.8) is 0 Å². The lowest BCUT2D eigenvalue weighted by molar-refractivity contribution is 0.302. The number of aryl methyl sites for hydroxylation is 1. The van der Waals surface area contributed by atoms with Crippen LogP contribution < -0.4 is 10.5 Å². The van der Waals surface area contributed by atoms with Crippen molar-refractivity contribution in [2.75, 3.05) is 0 Å². The molecule has 0 fully saturated rings. The predicted octanol–water partition coefficient (Wildman–Crippen LogP) is 4.26. The number of hydrogen-bond acceptors (Lipinski definition) is 2. The van der Waals surface area contributed by atoms with Gasteiger partial charge in [0.1, 0.15) is 18.2 Å². The van der Waals surface area contributed by atoms with Gasteiger partial charge in [-0.2, -0.15) is 0 Å². The molecule has 0 radical (unpaired) electrons. The fraction of sp³-hybridized carbons (Fsp3) is 0.294. The molecule has 0 aliphatic carbocycles. The molecule has 0 amide bonds. The van der Waals surface area contributed by atoms with Crippen LogP contribution in [0.5, 0.6) is 5.75 Å². The maximum Gasteiger partial charge on any atom is 0.123 e. The number of rotatable bonds is 5. The smallest absolute Gasteiger partial charge is 0.123 e. The molecule has 2 aromatic carbocycles. The van der Waals surface area contributed by atoms with Crippen molar-refractivity contribution in [2.45, 2.75) is 32.9 Å². The summed E-state index contributed by atoms with van der Waals surface area (Å²) in [5.41, 5.74) is 8.70. The van der Waals surface area contributed by atoms with Gasteiger partial charge in [0.05, 0.1) is 0 Å². The molecular weight excluding hydrogens is 289 g/mol. The van der Waals surface area contributed by atoms with E-state index in [2.05, 4.69) is 6.07 Å². The molecule has 0 aliphatic heterocycles. The Morgan fingerprint density at radius 1 is 1.19 bits per heavy atom. The molecule has 21 heavy (non-hydrogen) atoms. The van der Waals surface area contributed by atoms with Crippen molar-refractivity contribution in [3.05, 3.63) is 63.9 Å². The van der Waals surface area contributed by atoms with Crippen LogP contribution in [0.4, 0.5) is 4.39 Å². The van der Waals surface area contributed by atoms with E-state index in [1.54, 1.807) is 0 Å². The highest BCUT2D eigenvalue weighted by atomic mass is 35.5. The van der Waals surface area contributed by atoms with E-state index in [1.165, 1.54) is 18.2 Å². The summed E-state index contributed by atoms with van der Waals surface area (Å²) in [6.07, 6.45) is 0.730.